The van der Waals surface area contributed by atoms with E-state index in [1.165, 1.54) is 0 Å². The van der Waals surface area contributed by atoms with Crippen molar-refractivity contribution in [3.63, 3.8) is 0 Å². The average molecular weight is 232 g/mol. The summed E-state index contributed by atoms with van der Waals surface area (Å²) in [6, 6.07) is 3.57. The number of hydrogen-bond donors (Lipinski definition) is 0. The first kappa shape index (κ1) is 11.0. The molecule has 2 rings (SSSR count). The van der Waals surface area contributed by atoms with Crippen LogP contribution >= 0.6 is 11.3 Å². The molecule has 0 saturated carbocycles. The zero-order valence-corrected chi connectivity index (χ0v) is 9.83. The summed E-state index contributed by atoms with van der Waals surface area (Å²) in [4.78, 5) is 20.0. The summed E-state index contributed by atoms with van der Waals surface area (Å²) in [6.45, 7) is 1.96. The van der Waals surface area contributed by atoms with E-state index in [2.05, 4.69) is 9.97 Å². The first-order valence-corrected chi connectivity index (χ1v) is 5.98. The number of nitrogens with zero attached hydrogens (tertiary/aromatic N) is 2. The molecule has 0 bridgehead atoms. The lowest BCUT2D eigenvalue weighted by atomic mass is 10.1. The highest BCUT2D eigenvalue weighted by atomic mass is 32.1. The summed E-state index contributed by atoms with van der Waals surface area (Å²) in [6.07, 6.45) is 4.49. The van der Waals surface area contributed by atoms with E-state index in [-0.39, 0.29) is 5.78 Å². The van der Waals surface area contributed by atoms with E-state index < -0.39 is 0 Å². The Balaban J connectivity index is 1.94. The molecule has 3 nitrogen and oxygen atoms in total. The Morgan fingerprint density at radius 3 is 3.00 bits per heavy atom. The van der Waals surface area contributed by atoms with Crippen molar-refractivity contribution in [1.82, 2.24) is 9.97 Å². The highest BCUT2D eigenvalue weighted by Gasteiger charge is 2.07. The minimum Gasteiger partial charge on any atom is -0.294 e. The largest absolute Gasteiger partial charge is 0.294 e. The highest BCUT2D eigenvalue weighted by Crippen LogP contribution is 2.12. The van der Waals surface area contributed by atoms with Gasteiger partial charge in [0.15, 0.2) is 5.78 Å². The Morgan fingerprint density at radius 1 is 1.50 bits per heavy atom. The molecule has 82 valence electrons. The van der Waals surface area contributed by atoms with E-state index in [0.717, 1.165) is 10.7 Å². The minimum atomic E-state index is 0.126. The summed E-state index contributed by atoms with van der Waals surface area (Å²) < 4.78 is 0. The van der Waals surface area contributed by atoms with Gasteiger partial charge in [-0.15, -0.1) is 11.3 Å². The zero-order chi connectivity index (χ0) is 11.4. The van der Waals surface area contributed by atoms with Crippen molar-refractivity contribution in [3.8, 4) is 0 Å². The summed E-state index contributed by atoms with van der Waals surface area (Å²) in [5, 5.41) is 3.03. The van der Waals surface area contributed by atoms with Gasteiger partial charge in [0, 0.05) is 41.9 Å². The third kappa shape index (κ3) is 2.73. The molecular weight excluding hydrogens is 220 g/mol. The van der Waals surface area contributed by atoms with E-state index in [1.807, 2.05) is 12.3 Å². The van der Waals surface area contributed by atoms with Gasteiger partial charge in [-0.1, -0.05) is 0 Å². The molecule has 0 spiro atoms. The molecule has 16 heavy (non-hydrogen) atoms. The Hall–Kier alpha value is -1.55. The first-order valence-electron chi connectivity index (χ1n) is 5.10. The molecule has 2 aromatic heterocycles. The Labute approximate surface area is 98.2 Å². The molecule has 0 aliphatic rings. The number of rotatable bonds is 4. The van der Waals surface area contributed by atoms with Crippen LogP contribution < -0.4 is 0 Å². The van der Waals surface area contributed by atoms with E-state index in [0.29, 0.717) is 18.4 Å². The minimum absolute atomic E-state index is 0.126. The van der Waals surface area contributed by atoms with Crippen molar-refractivity contribution in [2.75, 3.05) is 0 Å². The SMILES string of the molecule is Cc1csc(CCC(=O)c2cccnc2)n1. The average Bonchev–Trinajstić information content (AvgIpc) is 2.73. The second-order valence-electron chi connectivity index (χ2n) is 3.55. The van der Waals surface area contributed by atoms with Gasteiger partial charge in [-0.2, -0.15) is 0 Å². The number of thiazole rings is 1. The lowest BCUT2D eigenvalue weighted by Crippen LogP contribution is -2.01. The summed E-state index contributed by atoms with van der Waals surface area (Å²) in [5.74, 6) is 0.126. The molecular formula is C12H12N2OS. The number of aryl methyl sites for hydroxylation is 2. The molecule has 4 heteroatoms. The van der Waals surface area contributed by atoms with Crippen molar-refractivity contribution in [3.05, 3.63) is 46.2 Å². The van der Waals surface area contributed by atoms with E-state index in [4.69, 9.17) is 0 Å². The van der Waals surface area contributed by atoms with Gasteiger partial charge in [0.05, 0.1) is 5.01 Å². The maximum absolute atomic E-state index is 11.8. The van der Waals surface area contributed by atoms with Crippen LogP contribution in [0.1, 0.15) is 27.5 Å². The van der Waals surface area contributed by atoms with Crippen LogP contribution in [0.4, 0.5) is 0 Å². The number of ketones is 1. The molecule has 0 amide bonds. The maximum atomic E-state index is 11.8. The van der Waals surface area contributed by atoms with Crippen molar-refractivity contribution in [2.45, 2.75) is 19.8 Å². The van der Waals surface area contributed by atoms with Crippen LogP contribution in [0.5, 0.6) is 0 Å². The second-order valence-corrected chi connectivity index (χ2v) is 4.49. The topological polar surface area (TPSA) is 42.9 Å². The lowest BCUT2D eigenvalue weighted by molar-refractivity contribution is 0.0982. The molecule has 2 aromatic rings. The van der Waals surface area contributed by atoms with Gasteiger partial charge in [0.25, 0.3) is 0 Å². The van der Waals surface area contributed by atoms with Crippen LogP contribution in [0, 0.1) is 6.92 Å². The molecule has 2 heterocycles. The summed E-state index contributed by atoms with van der Waals surface area (Å²) in [5.41, 5.74) is 1.70. The van der Waals surface area contributed by atoms with Crippen molar-refractivity contribution < 1.29 is 4.79 Å². The molecule has 0 N–H and O–H groups in total. The number of hydrogen-bond acceptors (Lipinski definition) is 4. The normalized spacial score (nSPS) is 10.3. The summed E-state index contributed by atoms with van der Waals surface area (Å²) in [7, 11) is 0. The zero-order valence-electron chi connectivity index (χ0n) is 9.01. The van der Waals surface area contributed by atoms with E-state index in [9.17, 15) is 4.79 Å². The molecule has 0 aliphatic carbocycles. The fourth-order valence-corrected chi connectivity index (χ4v) is 2.19. The van der Waals surface area contributed by atoms with Gasteiger partial charge in [-0.3, -0.25) is 9.78 Å². The van der Waals surface area contributed by atoms with E-state index >= 15 is 0 Å². The molecule has 0 aliphatic heterocycles. The molecule has 0 fully saturated rings. The van der Waals surface area contributed by atoms with E-state index in [1.54, 1.807) is 35.9 Å². The van der Waals surface area contributed by atoms with Crippen LogP contribution in [0.3, 0.4) is 0 Å². The third-order valence-corrected chi connectivity index (χ3v) is 3.24. The number of carbonyl (C=O) groups excluding carboxylic acids is 1. The monoisotopic (exact) mass is 232 g/mol. The van der Waals surface area contributed by atoms with Gasteiger partial charge in [0.1, 0.15) is 0 Å². The molecule has 0 saturated heterocycles. The maximum Gasteiger partial charge on any atom is 0.164 e. The first-order chi connectivity index (χ1) is 7.75. The number of Topliss-reactive ketones (excluding diaryl/α,β-unsaturated/α-hetero) is 1. The van der Waals surface area contributed by atoms with Crippen LogP contribution in [-0.2, 0) is 6.42 Å². The quantitative estimate of drug-likeness (QED) is 0.761. The lowest BCUT2D eigenvalue weighted by Gasteiger charge is -1.98. The smallest absolute Gasteiger partial charge is 0.164 e. The van der Waals surface area contributed by atoms with Crippen LogP contribution in [0.2, 0.25) is 0 Å². The van der Waals surface area contributed by atoms with Gasteiger partial charge < -0.3 is 0 Å². The van der Waals surface area contributed by atoms with Gasteiger partial charge in [-0.25, -0.2) is 4.98 Å². The molecule has 0 atom stereocenters. The Morgan fingerprint density at radius 2 is 2.38 bits per heavy atom. The van der Waals surface area contributed by atoms with Gasteiger partial charge in [0.2, 0.25) is 0 Å². The fraction of sp³-hybridized carbons (Fsp3) is 0.250. The van der Waals surface area contributed by atoms with Crippen molar-refractivity contribution in [2.24, 2.45) is 0 Å². The molecule has 0 unspecified atom stereocenters. The number of pyridine rings is 1. The standard InChI is InChI=1S/C12H12N2OS/c1-9-8-16-12(14-9)5-4-11(15)10-3-2-6-13-7-10/h2-3,6-8H,4-5H2,1H3. The predicted molar refractivity (Wildman–Crippen MR) is 63.7 cm³/mol. The number of carbonyl (C=O) groups is 1. The second kappa shape index (κ2) is 4.99. The van der Waals surface area contributed by atoms with Crippen LogP contribution in [-0.4, -0.2) is 15.8 Å². The van der Waals surface area contributed by atoms with Gasteiger partial charge in [-0.05, 0) is 19.1 Å². The number of aromatic nitrogens is 2. The highest BCUT2D eigenvalue weighted by molar-refractivity contribution is 7.09. The Bertz CT molecular complexity index is 479. The summed E-state index contributed by atoms with van der Waals surface area (Å²) >= 11 is 1.61. The molecule has 0 aromatic carbocycles. The van der Waals surface area contributed by atoms with Crippen molar-refractivity contribution in [1.29, 1.82) is 0 Å². The Kier molecular flexibility index (Phi) is 3.41. The van der Waals surface area contributed by atoms with Gasteiger partial charge >= 0.3 is 0 Å². The predicted octanol–water partition coefficient (Wildman–Crippen LogP) is 2.66. The van der Waals surface area contributed by atoms with Crippen LogP contribution in [0.15, 0.2) is 29.9 Å². The van der Waals surface area contributed by atoms with Crippen molar-refractivity contribution >= 4 is 17.1 Å². The fourth-order valence-electron chi connectivity index (χ4n) is 1.41. The third-order valence-electron chi connectivity index (χ3n) is 2.22. The van der Waals surface area contributed by atoms with Crippen LogP contribution in [0.25, 0.3) is 0 Å². The molecule has 0 radical (unpaired) electrons.